The van der Waals surface area contributed by atoms with Crippen molar-refractivity contribution in [1.82, 2.24) is 0 Å². The molecule has 0 aliphatic heterocycles. The van der Waals surface area contributed by atoms with E-state index in [9.17, 15) is 26.3 Å². The Morgan fingerprint density at radius 1 is 1.06 bits per heavy atom. The summed E-state index contributed by atoms with van der Waals surface area (Å²) < 4.78 is 74.6. The zero-order valence-electron chi connectivity index (χ0n) is 9.15. The maximum absolute atomic E-state index is 13.1. The third-order valence-corrected chi connectivity index (χ3v) is 2.29. The van der Waals surface area contributed by atoms with Crippen LogP contribution < -0.4 is 0 Å². The summed E-state index contributed by atoms with van der Waals surface area (Å²) in [7, 11) is 0. The molecule has 0 aliphatic rings. The van der Waals surface area contributed by atoms with Crippen molar-refractivity contribution < 1.29 is 26.3 Å². The zero-order valence-corrected chi connectivity index (χ0v) is 9.15. The van der Waals surface area contributed by atoms with Crippen molar-refractivity contribution in [3.05, 3.63) is 42.5 Å². The monoisotopic (exact) mass is 268 g/mol. The van der Waals surface area contributed by atoms with Gasteiger partial charge in [0.1, 0.15) is 0 Å². The highest BCUT2D eigenvalue weighted by Gasteiger charge is 2.56. The molecule has 1 rings (SSSR count). The number of hydrogen-bond acceptors (Lipinski definition) is 0. The third kappa shape index (κ3) is 3.51. The van der Waals surface area contributed by atoms with Crippen molar-refractivity contribution in [3.8, 4) is 0 Å². The first-order valence-electron chi connectivity index (χ1n) is 4.96. The Hall–Kier alpha value is -1.46. The smallest absolute Gasteiger partial charge is 0.231 e. The van der Waals surface area contributed by atoms with Gasteiger partial charge in [-0.25, -0.2) is 13.2 Å². The lowest BCUT2D eigenvalue weighted by atomic mass is 9.98. The van der Waals surface area contributed by atoms with E-state index < -0.39 is 24.7 Å². The number of hydrogen-bond donors (Lipinski definition) is 0. The number of rotatable bonds is 4. The zero-order chi connectivity index (χ0) is 14.0. The molecule has 100 valence electrons. The van der Waals surface area contributed by atoms with Crippen LogP contribution in [0.5, 0.6) is 0 Å². The summed E-state index contributed by atoms with van der Waals surface area (Å²) in [4.78, 5) is 0. The van der Waals surface area contributed by atoms with E-state index in [1.165, 1.54) is 24.3 Å². The molecule has 0 radical (unpaired) electrons. The predicted molar refractivity (Wildman–Crippen MR) is 56.0 cm³/mol. The van der Waals surface area contributed by atoms with E-state index in [0.717, 1.165) is 0 Å². The molecular formula is C12H10F6. The number of allylic oxidation sites excluding steroid dienone is 1. The number of benzene rings is 1. The highest BCUT2D eigenvalue weighted by molar-refractivity contribution is 5.63. The molecule has 18 heavy (non-hydrogen) atoms. The molecule has 0 amide bonds. The van der Waals surface area contributed by atoms with Crippen molar-refractivity contribution in [1.29, 1.82) is 0 Å². The van der Waals surface area contributed by atoms with Crippen LogP contribution in [0, 0.1) is 0 Å². The Bertz CT molecular complexity index is 406. The van der Waals surface area contributed by atoms with Crippen LogP contribution in [0.3, 0.4) is 0 Å². The van der Waals surface area contributed by atoms with Crippen LogP contribution in [0.25, 0.3) is 5.57 Å². The lowest BCUT2D eigenvalue weighted by Gasteiger charge is -2.23. The molecule has 0 N–H and O–H groups in total. The van der Waals surface area contributed by atoms with Gasteiger partial charge in [0, 0.05) is 6.42 Å². The Morgan fingerprint density at radius 3 is 2.00 bits per heavy atom. The number of halogens is 6. The second-order valence-electron chi connectivity index (χ2n) is 3.81. The molecule has 0 spiro atoms. The van der Waals surface area contributed by atoms with Crippen LogP contribution in [0.15, 0.2) is 36.9 Å². The summed E-state index contributed by atoms with van der Waals surface area (Å²) in [6.45, 7) is 3.26. The summed E-state index contributed by atoms with van der Waals surface area (Å²) in [6, 6.07) is 7.49. The van der Waals surface area contributed by atoms with Crippen LogP contribution in [0.4, 0.5) is 26.3 Å². The van der Waals surface area contributed by atoms with E-state index in [-0.39, 0.29) is 11.1 Å². The van der Waals surface area contributed by atoms with Gasteiger partial charge in [0.15, 0.2) is 0 Å². The van der Waals surface area contributed by atoms with Crippen LogP contribution in [0.1, 0.15) is 12.0 Å². The van der Waals surface area contributed by atoms with Crippen molar-refractivity contribution in [2.24, 2.45) is 0 Å². The minimum atomic E-state index is -5.58. The Morgan fingerprint density at radius 2 is 1.56 bits per heavy atom. The number of alkyl halides is 6. The van der Waals surface area contributed by atoms with E-state index in [4.69, 9.17) is 0 Å². The van der Waals surface area contributed by atoms with Crippen molar-refractivity contribution in [2.75, 3.05) is 0 Å². The topological polar surface area (TPSA) is 0 Å². The SMILES string of the molecule is C=C(CC(F)(F)C(F)C(F)(F)F)c1ccccc1. The molecule has 1 atom stereocenters. The Kier molecular flexibility index (Phi) is 4.09. The standard InChI is InChI=1S/C12H10F6/c1-8(9-5-3-2-4-6-9)7-11(14,15)10(13)12(16,17)18/h2-6,10H,1,7H2. The fourth-order valence-corrected chi connectivity index (χ4v) is 1.39. The summed E-state index contributed by atoms with van der Waals surface area (Å²) in [5, 5.41) is 0. The quantitative estimate of drug-likeness (QED) is 0.699. The lowest BCUT2D eigenvalue weighted by Crippen LogP contribution is -2.41. The molecule has 0 saturated carbocycles. The van der Waals surface area contributed by atoms with Gasteiger partial charge in [-0.2, -0.15) is 13.2 Å². The van der Waals surface area contributed by atoms with Crippen molar-refractivity contribution in [2.45, 2.75) is 24.7 Å². The van der Waals surface area contributed by atoms with Crippen LogP contribution >= 0.6 is 0 Å². The fraction of sp³-hybridized carbons (Fsp3) is 0.333. The molecule has 1 aromatic carbocycles. The summed E-state index contributed by atoms with van der Waals surface area (Å²) in [6.07, 6.45) is -11.1. The van der Waals surface area contributed by atoms with E-state index >= 15 is 0 Å². The second-order valence-corrected chi connectivity index (χ2v) is 3.81. The summed E-state index contributed by atoms with van der Waals surface area (Å²) in [5.74, 6) is -4.52. The van der Waals surface area contributed by atoms with Crippen LogP contribution in [-0.4, -0.2) is 18.3 Å². The molecule has 6 heteroatoms. The predicted octanol–water partition coefficient (Wildman–Crippen LogP) is 4.63. The lowest BCUT2D eigenvalue weighted by molar-refractivity contribution is -0.242. The van der Waals surface area contributed by atoms with Gasteiger partial charge in [0.05, 0.1) is 0 Å². The van der Waals surface area contributed by atoms with Crippen LogP contribution in [0.2, 0.25) is 0 Å². The van der Waals surface area contributed by atoms with E-state index in [1.807, 2.05) is 0 Å². The highest BCUT2D eigenvalue weighted by Crippen LogP contribution is 2.40. The van der Waals surface area contributed by atoms with Gasteiger partial charge < -0.3 is 0 Å². The Labute approximate surface area is 99.9 Å². The first-order chi connectivity index (χ1) is 8.14. The average molecular weight is 268 g/mol. The molecule has 0 aromatic heterocycles. The fourth-order valence-electron chi connectivity index (χ4n) is 1.39. The van der Waals surface area contributed by atoms with Gasteiger partial charge in [-0.1, -0.05) is 36.9 Å². The molecule has 0 nitrogen and oxygen atoms in total. The summed E-state index contributed by atoms with van der Waals surface area (Å²) >= 11 is 0. The molecule has 0 bridgehead atoms. The van der Waals surface area contributed by atoms with Gasteiger partial charge in [0.25, 0.3) is 12.1 Å². The van der Waals surface area contributed by atoms with Gasteiger partial charge >= 0.3 is 6.18 Å². The first-order valence-corrected chi connectivity index (χ1v) is 4.96. The molecule has 0 saturated heterocycles. The molecule has 1 unspecified atom stereocenters. The van der Waals surface area contributed by atoms with E-state index in [1.54, 1.807) is 6.07 Å². The van der Waals surface area contributed by atoms with Gasteiger partial charge in [-0.05, 0) is 11.1 Å². The molecule has 0 heterocycles. The third-order valence-electron chi connectivity index (χ3n) is 2.29. The van der Waals surface area contributed by atoms with Crippen molar-refractivity contribution in [3.63, 3.8) is 0 Å². The molecule has 0 aliphatic carbocycles. The summed E-state index contributed by atoms with van der Waals surface area (Å²) in [5.41, 5.74) is 0.0130. The highest BCUT2D eigenvalue weighted by atomic mass is 19.4. The molecule has 0 fully saturated rings. The van der Waals surface area contributed by atoms with Gasteiger partial charge in [-0.3, -0.25) is 0 Å². The molecule has 1 aromatic rings. The van der Waals surface area contributed by atoms with Crippen LogP contribution in [-0.2, 0) is 0 Å². The van der Waals surface area contributed by atoms with Crippen molar-refractivity contribution >= 4 is 5.57 Å². The van der Waals surface area contributed by atoms with E-state index in [2.05, 4.69) is 6.58 Å². The van der Waals surface area contributed by atoms with Gasteiger partial charge in [-0.15, -0.1) is 0 Å². The average Bonchev–Trinajstić information content (AvgIpc) is 2.27. The maximum atomic E-state index is 13.1. The first kappa shape index (κ1) is 14.6. The molecular weight excluding hydrogens is 258 g/mol. The second kappa shape index (κ2) is 5.04. The minimum Gasteiger partial charge on any atom is -0.231 e. The largest absolute Gasteiger partial charge is 0.425 e. The normalized spacial score (nSPS) is 14.3. The minimum absolute atomic E-state index is 0.243. The maximum Gasteiger partial charge on any atom is 0.425 e. The van der Waals surface area contributed by atoms with Gasteiger partial charge in [0.2, 0.25) is 0 Å². The van der Waals surface area contributed by atoms with E-state index in [0.29, 0.717) is 0 Å². The Balaban J connectivity index is 2.81.